The third kappa shape index (κ3) is 3.45. The number of hydrogen-bond donors (Lipinski definition) is 1. The molecule has 1 N–H and O–H groups in total. The van der Waals surface area contributed by atoms with E-state index in [2.05, 4.69) is 20.7 Å². The molecular formula is C13H14BrNO2S2. The number of benzene rings is 1. The molecule has 0 unspecified atom stereocenters. The third-order valence-corrected chi connectivity index (χ3v) is 6.08. The van der Waals surface area contributed by atoms with Crippen LogP contribution >= 0.6 is 27.3 Å². The summed E-state index contributed by atoms with van der Waals surface area (Å²) >= 11 is 4.87. The Morgan fingerprint density at radius 2 is 2.00 bits per heavy atom. The van der Waals surface area contributed by atoms with Gasteiger partial charge in [-0.1, -0.05) is 6.07 Å². The summed E-state index contributed by atoms with van der Waals surface area (Å²) in [5, 5.41) is 3.97. The van der Waals surface area contributed by atoms with Gasteiger partial charge in [-0.05, 0) is 69.4 Å². The molecule has 0 saturated heterocycles. The van der Waals surface area contributed by atoms with Gasteiger partial charge >= 0.3 is 0 Å². The number of halogens is 1. The van der Waals surface area contributed by atoms with E-state index in [1.54, 1.807) is 29.5 Å². The number of aryl methyl sites for hydroxylation is 2. The normalized spacial score (nSPS) is 11.7. The predicted molar refractivity (Wildman–Crippen MR) is 82.0 cm³/mol. The lowest BCUT2D eigenvalue weighted by atomic mass is 10.2. The second-order valence-corrected chi connectivity index (χ2v) is 7.67. The highest BCUT2D eigenvalue weighted by atomic mass is 79.9. The van der Waals surface area contributed by atoms with Gasteiger partial charge in [-0.25, -0.2) is 13.1 Å². The van der Waals surface area contributed by atoms with Crippen molar-refractivity contribution >= 4 is 37.3 Å². The molecule has 0 radical (unpaired) electrons. The monoisotopic (exact) mass is 359 g/mol. The second-order valence-electron chi connectivity index (χ2n) is 4.34. The van der Waals surface area contributed by atoms with Crippen LogP contribution in [0.15, 0.2) is 38.3 Å². The highest BCUT2D eigenvalue weighted by Gasteiger charge is 2.17. The Labute approximate surface area is 125 Å². The summed E-state index contributed by atoms with van der Waals surface area (Å²) in [6.07, 6.45) is 0. The molecule has 0 amide bonds. The Morgan fingerprint density at radius 3 is 2.58 bits per heavy atom. The van der Waals surface area contributed by atoms with E-state index in [1.807, 2.05) is 24.6 Å². The summed E-state index contributed by atoms with van der Waals surface area (Å²) in [7, 11) is -3.49. The van der Waals surface area contributed by atoms with E-state index in [0.29, 0.717) is 11.0 Å². The van der Waals surface area contributed by atoms with Crippen LogP contribution in [-0.4, -0.2) is 8.42 Å². The quantitative estimate of drug-likeness (QED) is 0.906. The fourth-order valence-electron chi connectivity index (χ4n) is 1.64. The molecule has 0 atom stereocenters. The molecule has 0 spiro atoms. The van der Waals surface area contributed by atoms with Gasteiger partial charge < -0.3 is 0 Å². The Balaban J connectivity index is 2.21. The number of sulfonamides is 1. The van der Waals surface area contributed by atoms with Gasteiger partial charge in [0.2, 0.25) is 10.0 Å². The molecule has 19 heavy (non-hydrogen) atoms. The van der Waals surface area contributed by atoms with Gasteiger partial charge in [0, 0.05) is 11.0 Å². The Hall–Kier alpha value is -0.690. The highest BCUT2D eigenvalue weighted by Crippen LogP contribution is 2.23. The average Bonchev–Trinajstić information content (AvgIpc) is 2.72. The van der Waals surface area contributed by atoms with Crippen molar-refractivity contribution in [1.29, 1.82) is 0 Å². The zero-order valence-corrected chi connectivity index (χ0v) is 13.8. The van der Waals surface area contributed by atoms with Gasteiger partial charge in [-0.3, -0.25) is 0 Å². The molecule has 0 aliphatic heterocycles. The standard InChI is InChI=1S/C13H14BrNO2S2/c1-9-3-4-13(12(14)5-9)19(16,17)15-6-11-8-18-7-10(11)2/h3-5,7-8,15H,6H2,1-2H3. The van der Waals surface area contributed by atoms with Gasteiger partial charge in [0.1, 0.15) is 0 Å². The van der Waals surface area contributed by atoms with Crippen molar-refractivity contribution in [2.75, 3.05) is 0 Å². The SMILES string of the molecule is Cc1ccc(S(=O)(=O)NCc2cscc2C)c(Br)c1. The lowest BCUT2D eigenvalue weighted by Gasteiger charge is -2.09. The number of rotatable bonds is 4. The van der Waals surface area contributed by atoms with E-state index in [1.165, 1.54) is 0 Å². The van der Waals surface area contributed by atoms with E-state index < -0.39 is 10.0 Å². The molecule has 0 aliphatic rings. The van der Waals surface area contributed by atoms with Crippen LogP contribution in [0.4, 0.5) is 0 Å². The maximum absolute atomic E-state index is 12.2. The molecule has 0 fully saturated rings. The maximum atomic E-state index is 12.2. The molecule has 102 valence electrons. The number of nitrogens with one attached hydrogen (secondary N) is 1. The van der Waals surface area contributed by atoms with Crippen molar-refractivity contribution in [3.8, 4) is 0 Å². The van der Waals surface area contributed by atoms with Crippen LogP contribution in [0.5, 0.6) is 0 Å². The van der Waals surface area contributed by atoms with Crippen LogP contribution in [0.25, 0.3) is 0 Å². The summed E-state index contributed by atoms with van der Waals surface area (Å²) in [5.74, 6) is 0. The van der Waals surface area contributed by atoms with Crippen LogP contribution in [0.1, 0.15) is 16.7 Å². The Kier molecular flexibility index (Phi) is 4.45. The van der Waals surface area contributed by atoms with Crippen molar-refractivity contribution in [2.45, 2.75) is 25.3 Å². The lowest BCUT2D eigenvalue weighted by Crippen LogP contribution is -2.23. The molecule has 1 aromatic carbocycles. The Morgan fingerprint density at radius 1 is 1.26 bits per heavy atom. The molecule has 1 aromatic heterocycles. The smallest absolute Gasteiger partial charge is 0.207 e. The van der Waals surface area contributed by atoms with Crippen LogP contribution in [0, 0.1) is 13.8 Å². The number of thiophene rings is 1. The fraction of sp³-hybridized carbons (Fsp3) is 0.231. The first kappa shape index (κ1) is 14.7. The van der Waals surface area contributed by atoms with E-state index in [-0.39, 0.29) is 4.90 Å². The largest absolute Gasteiger partial charge is 0.241 e. The third-order valence-electron chi connectivity index (χ3n) is 2.79. The Bertz CT molecular complexity index is 692. The molecule has 0 saturated carbocycles. The minimum atomic E-state index is -3.49. The topological polar surface area (TPSA) is 46.2 Å². The van der Waals surface area contributed by atoms with Gasteiger partial charge in [-0.2, -0.15) is 11.3 Å². The molecule has 0 bridgehead atoms. The zero-order valence-electron chi connectivity index (χ0n) is 10.6. The second kappa shape index (κ2) is 5.75. The van der Waals surface area contributed by atoms with Crippen LogP contribution in [0.3, 0.4) is 0 Å². The van der Waals surface area contributed by atoms with Crippen molar-refractivity contribution < 1.29 is 8.42 Å². The van der Waals surface area contributed by atoms with Gasteiger partial charge in [0.05, 0.1) is 4.90 Å². The minimum absolute atomic E-state index is 0.269. The predicted octanol–water partition coefficient (Wildman–Crippen LogP) is 3.61. The molecule has 3 nitrogen and oxygen atoms in total. The van der Waals surface area contributed by atoms with E-state index in [4.69, 9.17) is 0 Å². The summed E-state index contributed by atoms with van der Waals surface area (Å²) in [5.41, 5.74) is 3.13. The van der Waals surface area contributed by atoms with Crippen LogP contribution in [-0.2, 0) is 16.6 Å². The first-order chi connectivity index (χ1) is 8.90. The van der Waals surface area contributed by atoms with Crippen molar-refractivity contribution in [3.05, 3.63) is 50.1 Å². The molecule has 2 rings (SSSR count). The van der Waals surface area contributed by atoms with E-state index >= 15 is 0 Å². The summed E-state index contributed by atoms with van der Waals surface area (Å²) in [6.45, 7) is 4.21. The average molecular weight is 360 g/mol. The lowest BCUT2D eigenvalue weighted by molar-refractivity contribution is 0.581. The van der Waals surface area contributed by atoms with Gasteiger partial charge in [0.25, 0.3) is 0 Å². The van der Waals surface area contributed by atoms with Gasteiger partial charge in [0.15, 0.2) is 0 Å². The van der Waals surface area contributed by atoms with Crippen LogP contribution < -0.4 is 4.72 Å². The van der Waals surface area contributed by atoms with Crippen molar-refractivity contribution in [1.82, 2.24) is 4.72 Å². The summed E-state index contributed by atoms with van der Waals surface area (Å²) in [4.78, 5) is 0.269. The van der Waals surface area contributed by atoms with Crippen LogP contribution in [0.2, 0.25) is 0 Å². The van der Waals surface area contributed by atoms with Crippen molar-refractivity contribution in [3.63, 3.8) is 0 Å². The fourth-order valence-corrected chi connectivity index (χ4v) is 4.70. The number of hydrogen-bond acceptors (Lipinski definition) is 3. The molecular weight excluding hydrogens is 346 g/mol. The first-order valence-corrected chi connectivity index (χ1v) is 8.89. The summed E-state index contributed by atoms with van der Waals surface area (Å²) in [6, 6.07) is 5.20. The molecule has 0 aliphatic carbocycles. The molecule has 6 heteroatoms. The zero-order chi connectivity index (χ0) is 14.0. The first-order valence-electron chi connectivity index (χ1n) is 5.67. The van der Waals surface area contributed by atoms with E-state index in [0.717, 1.165) is 16.7 Å². The molecule has 2 aromatic rings. The molecule has 1 heterocycles. The van der Waals surface area contributed by atoms with Gasteiger partial charge in [-0.15, -0.1) is 0 Å². The minimum Gasteiger partial charge on any atom is -0.207 e. The maximum Gasteiger partial charge on any atom is 0.241 e. The summed E-state index contributed by atoms with van der Waals surface area (Å²) < 4.78 is 27.7. The van der Waals surface area contributed by atoms with E-state index in [9.17, 15) is 8.42 Å². The van der Waals surface area contributed by atoms with Crippen molar-refractivity contribution in [2.24, 2.45) is 0 Å². The highest BCUT2D eigenvalue weighted by molar-refractivity contribution is 9.10.